The van der Waals surface area contributed by atoms with Crippen molar-refractivity contribution in [3.8, 4) is 11.3 Å². The van der Waals surface area contributed by atoms with Gasteiger partial charge in [0.05, 0.1) is 24.9 Å². The molecule has 4 heterocycles. The molecule has 0 spiro atoms. The fourth-order valence-electron chi connectivity index (χ4n) is 4.25. The predicted molar refractivity (Wildman–Crippen MR) is 105 cm³/mol. The van der Waals surface area contributed by atoms with Gasteiger partial charge >= 0.3 is 0 Å². The Balaban J connectivity index is 1.61. The third-order valence-corrected chi connectivity index (χ3v) is 6.78. The summed E-state index contributed by atoms with van der Waals surface area (Å²) in [6, 6.07) is 5.11. The summed E-state index contributed by atoms with van der Waals surface area (Å²) >= 11 is 1.58. The molecule has 1 amide bonds. The lowest BCUT2D eigenvalue weighted by atomic mass is 10.0. The summed E-state index contributed by atoms with van der Waals surface area (Å²) < 4.78 is 21.2. The van der Waals surface area contributed by atoms with Gasteiger partial charge in [-0.25, -0.2) is 4.39 Å². The molecule has 1 N–H and O–H groups in total. The predicted octanol–water partition coefficient (Wildman–Crippen LogP) is 2.69. The molecule has 0 aliphatic carbocycles. The van der Waals surface area contributed by atoms with Crippen LogP contribution in [0.15, 0.2) is 23.1 Å². The highest BCUT2D eigenvalue weighted by molar-refractivity contribution is 7.98. The van der Waals surface area contributed by atoms with Gasteiger partial charge in [0.1, 0.15) is 5.82 Å². The van der Waals surface area contributed by atoms with Crippen molar-refractivity contribution in [2.24, 2.45) is 0 Å². The van der Waals surface area contributed by atoms with Crippen LogP contribution in [0.1, 0.15) is 34.9 Å². The number of nitrogens with one attached hydrogen (secondary N) is 1. The molecule has 5 rings (SSSR count). The van der Waals surface area contributed by atoms with Crippen LogP contribution in [0.25, 0.3) is 11.3 Å². The van der Waals surface area contributed by atoms with E-state index in [0.717, 1.165) is 47.6 Å². The minimum atomic E-state index is -0.232. The maximum absolute atomic E-state index is 13.8. The van der Waals surface area contributed by atoms with Crippen molar-refractivity contribution in [2.75, 3.05) is 39.4 Å². The van der Waals surface area contributed by atoms with E-state index in [4.69, 9.17) is 9.84 Å². The van der Waals surface area contributed by atoms with E-state index in [2.05, 4.69) is 5.32 Å². The molecular formula is C20H23FN4O2S. The number of carbonyl (C=O) groups is 1. The Hall–Kier alpha value is -1.90. The van der Waals surface area contributed by atoms with Gasteiger partial charge in [-0.15, -0.1) is 11.8 Å². The average Bonchev–Trinajstić information content (AvgIpc) is 3.14. The summed E-state index contributed by atoms with van der Waals surface area (Å²) in [6.07, 6.45) is 2.10. The lowest BCUT2D eigenvalue weighted by Crippen LogP contribution is -2.41. The smallest absolute Gasteiger partial charge is 0.274 e. The summed E-state index contributed by atoms with van der Waals surface area (Å²) in [6.45, 7) is 4.18. The van der Waals surface area contributed by atoms with Crippen molar-refractivity contribution in [1.29, 1.82) is 0 Å². The number of carbonyl (C=O) groups excluding carboxylic acids is 1. The van der Waals surface area contributed by atoms with Crippen molar-refractivity contribution < 1.29 is 13.9 Å². The summed E-state index contributed by atoms with van der Waals surface area (Å²) in [5.74, 6) is 0.384. The third-order valence-electron chi connectivity index (χ3n) is 5.70. The molecule has 6 nitrogen and oxygen atoms in total. The minimum absolute atomic E-state index is 0.0202. The normalized spacial score (nSPS) is 21.9. The number of piperidine rings is 1. The van der Waals surface area contributed by atoms with Crippen LogP contribution in [0.2, 0.25) is 0 Å². The average molecular weight is 402 g/mol. The zero-order valence-corrected chi connectivity index (χ0v) is 16.4. The van der Waals surface area contributed by atoms with Gasteiger partial charge in [0, 0.05) is 41.4 Å². The van der Waals surface area contributed by atoms with E-state index in [0.29, 0.717) is 37.8 Å². The van der Waals surface area contributed by atoms with Crippen LogP contribution >= 0.6 is 11.8 Å². The molecule has 148 valence electrons. The highest BCUT2D eigenvalue weighted by Gasteiger charge is 2.33. The molecule has 1 atom stereocenters. The van der Waals surface area contributed by atoms with E-state index in [1.54, 1.807) is 17.8 Å². The number of morpholine rings is 1. The second-order valence-corrected chi connectivity index (χ2v) is 8.47. The summed E-state index contributed by atoms with van der Waals surface area (Å²) in [5, 5.41) is 8.29. The fraction of sp³-hybridized carbons (Fsp3) is 0.500. The van der Waals surface area contributed by atoms with Crippen molar-refractivity contribution in [1.82, 2.24) is 20.0 Å². The van der Waals surface area contributed by atoms with E-state index < -0.39 is 0 Å². The first kappa shape index (κ1) is 18.1. The van der Waals surface area contributed by atoms with Gasteiger partial charge in [0.25, 0.3) is 5.91 Å². The monoisotopic (exact) mass is 402 g/mol. The number of hydrogen-bond donors (Lipinski definition) is 1. The molecule has 0 bridgehead atoms. The van der Waals surface area contributed by atoms with Crippen LogP contribution in [0.3, 0.4) is 0 Å². The highest BCUT2D eigenvalue weighted by Crippen LogP contribution is 2.44. The maximum Gasteiger partial charge on any atom is 0.274 e. The zero-order chi connectivity index (χ0) is 19.1. The molecule has 1 aromatic carbocycles. The van der Waals surface area contributed by atoms with Gasteiger partial charge in [-0.3, -0.25) is 9.48 Å². The number of thioether (sulfide) groups is 1. The molecule has 2 aromatic rings. The van der Waals surface area contributed by atoms with Gasteiger partial charge in [-0.05, 0) is 37.6 Å². The first-order chi connectivity index (χ1) is 13.7. The lowest BCUT2D eigenvalue weighted by Gasteiger charge is -2.27. The molecule has 2 fully saturated rings. The Kier molecular flexibility index (Phi) is 4.86. The van der Waals surface area contributed by atoms with Crippen molar-refractivity contribution >= 4 is 17.7 Å². The molecule has 8 heteroatoms. The summed E-state index contributed by atoms with van der Waals surface area (Å²) in [5.41, 5.74) is 3.49. The quantitative estimate of drug-likeness (QED) is 0.837. The number of halogens is 1. The molecule has 3 aliphatic heterocycles. The van der Waals surface area contributed by atoms with E-state index in [1.807, 2.05) is 15.6 Å². The Morgan fingerprint density at radius 3 is 2.96 bits per heavy atom. The van der Waals surface area contributed by atoms with Gasteiger partial charge < -0.3 is 15.0 Å². The van der Waals surface area contributed by atoms with Crippen LogP contribution in [-0.2, 0) is 10.5 Å². The van der Waals surface area contributed by atoms with Crippen molar-refractivity contribution in [3.05, 3.63) is 35.3 Å². The second kappa shape index (κ2) is 7.50. The molecule has 0 saturated carbocycles. The summed E-state index contributed by atoms with van der Waals surface area (Å²) in [7, 11) is 0. The SMILES string of the molecule is O=C(c1nn(C2CCCNC2)c2c1CSc1cc(F)ccc1-2)N1CCOCC1. The van der Waals surface area contributed by atoms with Crippen LogP contribution < -0.4 is 5.32 Å². The van der Waals surface area contributed by atoms with Crippen molar-refractivity contribution in [2.45, 2.75) is 29.5 Å². The molecule has 3 aliphatic rings. The van der Waals surface area contributed by atoms with Crippen molar-refractivity contribution in [3.63, 3.8) is 0 Å². The number of benzene rings is 1. The van der Waals surface area contributed by atoms with E-state index >= 15 is 0 Å². The zero-order valence-electron chi connectivity index (χ0n) is 15.6. The topological polar surface area (TPSA) is 59.4 Å². The standard InChI is InChI=1S/C20H23FN4O2S/c21-13-3-4-15-17(10-13)28-12-16-18(20(26)24-6-8-27-9-7-24)23-25(19(15)16)14-2-1-5-22-11-14/h3-4,10,14,22H,1-2,5-9,11-12H2. The third kappa shape index (κ3) is 3.13. The van der Waals surface area contributed by atoms with E-state index in [1.165, 1.54) is 6.07 Å². The first-order valence-electron chi connectivity index (χ1n) is 9.84. The van der Waals surface area contributed by atoms with Gasteiger partial charge in [0.2, 0.25) is 0 Å². The van der Waals surface area contributed by atoms with Crippen LogP contribution in [0.5, 0.6) is 0 Å². The fourth-order valence-corrected chi connectivity index (χ4v) is 5.34. The number of fused-ring (bicyclic) bond motifs is 3. The number of aromatic nitrogens is 2. The Bertz CT molecular complexity index is 904. The Labute approximate surface area is 167 Å². The second-order valence-electron chi connectivity index (χ2n) is 7.45. The maximum atomic E-state index is 13.8. The van der Waals surface area contributed by atoms with E-state index in [-0.39, 0.29) is 17.8 Å². The molecule has 0 radical (unpaired) electrons. The lowest BCUT2D eigenvalue weighted by molar-refractivity contribution is 0.0297. The van der Waals surface area contributed by atoms with Gasteiger partial charge in [-0.2, -0.15) is 5.10 Å². The number of amides is 1. The molecule has 1 unspecified atom stereocenters. The number of nitrogens with zero attached hydrogens (tertiary/aromatic N) is 3. The number of hydrogen-bond acceptors (Lipinski definition) is 5. The number of rotatable bonds is 2. The molecule has 1 aromatic heterocycles. The van der Waals surface area contributed by atoms with Gasteiger partial charge in [0.15, 0.2) is 5.69 Å². The van der Waals surface area contributed by atoms with Crippen LogP contribution in [-0.4, -0.2) is 60.0 Å². The largest absolute Gasteiger partial charge is 0.378 e. The molecule has 2 saturated heterocycles. The van der Waals surface area contributed by atoms with Gasteiger partial charge in [-0.1, -0.05) is 0 Å². The first-order valence-corrected chi connectivity index (χ1v) is 10.8. The summed E-state index contributed by atoms with van der Waals surface area (Å²) in [4.78, 5) is 16.0. The van der Waals surface area contributed by atoms with E-state index in [9.17, 15) is 9.18 Å². The number of ether oxygens (including phenoxy) is 1. The molecular weight excluding hydrogens is 379 g/mol. The molecule has 28 heavy (non-hydrogen) atoms. The highest BCUT2D eigenvalue weighted by atomic mass is 32.2. The Morgan fingerprint density at radius 1 is 1.32 bits per heavy atom. The van der Waals surface area contributed by atoms with Crippen LogP contribution in [0.4, 0.5) is 4.39 Å². The van der Waals surface area contributed by atoms with Crippen LogP contribution in [0, 0.1) is 5.82 Å². The Morgan fingerprint density at radius 2 is 2.18 bits per heavy atom. The minimum Gasteiger partial charge on any atom is -0.378 e.